The lowest BCUT2D eigenvalue weighted by Gasteiger charge is -2.11. The first-order chi connectivity index (χ1) is 9.65. The van der Waals surface area contributed by atoms with Crippen molar-refractivity contribution in [1.29, 1.82) is 0 Å². The van der Waals surface area contributed by atoms with Crippen molar-refractivity contribution in [2.45, 2.75) is 26.7 Å². The van der Waals surface area contributed by atoms with Gasteiger partial charge in [0.25, 0.3) is 0 Å². The first kappa shape index (κ1) is 14.5. The van der Waals surface area contributed by atoms with Crippen molar-refractivity contribution < 1.29 is 4.74 Å². The highest BCUT2D eigenvalue weighted by Crippen LogP contribution is 2.22. The van der Waals surface area contributed by atoms with Gasteiger partial charge in [0.15, 0.2) is 5.82 Å². The number of rotatable bonds is 5. The highest BCUT2D eigenvalue weighted by molar-refractivity contribution is 5.57. The number of ether oxygens (including phenoxy) is 1. The summed E-state index contributed by atoms with van der Waals surface area (Å²) in [6.45, 7) is 4.76. The van der Waals surface area contributed by atoms with Crippen molar-refractivity contribution in [3.8, 4) is 17.1 Å². The maximum absolute atomic E-state index is 5.57. The summed E-state index contributed by atoms with van der Waals surface area (Å²) < 4.78 is 5.16. The second-order valence-electron chi connectivity index (χ2n) is 4.82. The van der Waals surface area contributed by atoms with Crippen LogP contribution in [0.3, 0.4) is 0 Å². The molecule has 1 aromatic heterocycles. The van der Waals surface area contributed by atoms with Gasteiger partial charge in [0, 0.05) is 17.0 Å². The van der Waals surface area contributed by atoms with Gasteiger partial charge in [-0.2, -0.15) is 0 Å². The topological polar surface area (TPSA) is 61.0 Å². The lowest BCUT2D eigenvalue weighted by molar-refractivity contribution is 0.415. The van der Waals surface area contributed by atoms with Crippen molar-refractivity contribution in [3.05, 3.63) is 41.2 Å². The van der Waals surface area contributed by atoms with Crippen LogP contribution in [0.25, 0.3) is 11.4 Å². The van der Waals surface area contributed by atoms with Gasteiger partial charge in [-0.05, 0) is 63.1 Å². The molecule has 0 amide bonds. The maximum atomic E-state index is 5.57. The summed E-state index contributed by atoms with van der Waals surface area (Å²) in [5.74, 6) is 1.60. The number of aryl methyl sites for hydroxylation is 2. The smallest absolute Gasteiger partial charge is 0.159 e. The third-order valence-electron chi connectivity index (χ3n) is 3.40. The summed E-state index contributed by atoms with van der Waals surface area (Å²) in [4.78, 5) is 9.24. The number of benzene rings is 1. The fraction of sp³-hybridized carbons (Fsp3) is 0.375. The molecule has 1 heterocycles. The van der Waals surface area contributed by atoms with Gasteiger partial charge in [-0.1, -0.05) is 0 Å². The van der Waals surface area contributed by atoms with E-state index >= 15 is 0 Å². The Morgan fingerprint density at radius 1 is 1.05 bits per heavy atom. The van der Waals surface area contributed by atoms with E-state index < -0.39 is 0 Å². The van der Waals surface area contributed by atoms with Crippen molar-refractivity contribution in [1.82, 2.24) is 9.97 Å². The molecule has 4 heteroatoms. The van der Waals surface area contributed by atoms with Crippen LogP contribution in [-0.2, 0) is 6.42 Å². The van der Waals surface area contributed by atoms with Crippen molar-refractivity contribution in [2.75, 3.05) is 13.7 Å². The molecule has 0 spiro atoms. The average molecular weight is 271 g/mol. The van der Waals surface area contributed by atoms with Crippen LogP contribution in [0.2, 0.25) is 0 Å². The molecule has 0 aliphatic heterocycles. The predicted octanol–water partition coefficient (Wildman–Crippen LogP) is 2.66. The third-order valence-corrected chi connectivity index (χ3v) is 3.40. The molecule has 0 saturated carbocycles. The SMILES string of the molecule is COc1ccc(-c2nc(C)c(CCCN)c(C)n2)cc1. The molecule has 0 aliphatic carbocycles. The molecule has 0 bridgehead atoms. The Hall–Kier alpha value is -1.94. The van der Waals surface area contributed by atoms with E-state index in [4.69, 9.17) is 10.5 Å². The molecule has 2 N–H and O–H groups in total. The average Bonchev–Trinajstić information content (AvgIpc) is 2.46. The summed E-state index contributed by atoms with van der Waals surface area (Å²) in [5.41, 5.74) is 9.87. The minimum absolute atomic E-state index is 0.694. The first-order valence-electron chi connectivity index (χ1n) is 6.84. The van der Waals surface area contributed by atoms with Gasteiger partial charge in [0.1, 0.15) is 5.75 Å². The van der Waals surface area contributed by atoms with Gasteiger partial charge < -0.3 is 10.5 Å². The molecule has 0 atom stereocenters. The molecule has 106 valence electrons. The molecule has 1 aromatic carbocycles. The highest BCUT2D eigenvalue weighted by Gasteiger charge is 2.09. The van der Waals surface area contributed by atoms with Crippen LogP contribution in [0.1, 0.15) is 23.4 Å². The largest absolute Gasteiger partial charge is 0.497 e. The minimum Gasteiger partial charge on any atom is -0.497 e. The number of hydrogen-bond donors (Lipinski definition) is 1. The second kappa shape index (κ2) is 6.48. The quantitative estimate of drug-likeness (QED) is 0.908. The number of nitrogens with two attached hydrogens (primary N) is 1. The van der Waals surface area contributed by atoms with Gasteiger partial charge in [-0.25, -0.2) is 9.97 Å². The molecule has 0 saturated heterocycles. The Labute approximate surface area is 120 Å². The molecule has 2 rings (SSSR count). The van der Waals surface area contributed by atoms with Gasteiger partial charge in [0.05, 0.1) is 7.11 Å². The van der Waals surface area contributed by atoms with Gasteiger partial charge in [-0.15, -0.1) is 0 Å². The van der Waals surface area contributed by atoms with Crippen LogP contribution in [0.4, 0.5) is 0 Å². The highest BCUT2D eigenvalue weighted by atomic mass is 16.5. The Balaban J connectivity index is 2.33. The summed E-state index contributed by atoms with van der Waals surface area (Å²) >= 11 is 0. The van der Waals surface area contributed by atoms with Crippen molar-refractivity contribution in [2.24, 2.45) is 5.73 Å². The standard InChI is InChI=1S/C16H21N3O/c1-11-15(5-4-10-17)12(2)19-16(18-11)13-6-8-14(20-3)9-7-13/h6-9H,4-5,10,17H2,1-3H3. The Bertz CT molecular complexity index is 556. The zero-order chi connectivity index (χ0) is 14.5. The predicted molar refractivity (Wildman–Crippen MR) is 80.9 cm³/mol. The molecule has 4 nitrogen and oxygen atoms in total. The van der Waals surface area contributed by atoms with Crippen LogP contribution >= 0.6 is 0 Å². The van der Waals surface area contributed by atoms with Crippen molar-refractivity contribution in [3.63, 3.8) is 0 Å². The van der Waals surface area contributed by atoms with E-state index in [1.54, 1.807) is 7.11 Å². The van der Waals surface area contributed by atoms with E-state index in [1.165, 1.54) is 5.56 Å². The van der Waals surface area contributed by atoms with Crippen LogP contribution in [0.15, 0.2) is 24.3 Å². The molecule has 2 aromatic rings. The van der Waals surface area contributed by atoms with Gasteiger partial charge in [-0.3, -0.25) is 0 Å². The van der Waals surface area contributed by atoms with E-state index in [9.17, 15) is 0 Å². The molecular formula is C16H21N3O. The van der Waals surface area contributed by atoms with E-state index in [1.807, 2.05) is 38.1 Å². The summed E-state index contributed by atoms with van der Waals surface area (Å²) in [6, 6.07) is 7.80. The number of aromatic nitrogens is 2. The monoisotopic (exact) mass is 271 g/mol. The van der Waals surface area contributed by atoms with Gasteiger partial charge >= 0.3 is 0 Å². The Morgan fingerprint density at radius 3 is 2.15 bits per heavy atom. The van der Waals surface area contributed by atoms with E-state index in [2.05, 4.69) is 9.97 Å². The number of methoxy groups -OCH3 is 1. The molecule has 0 radical (unpaired) electrons. The molecule has 20 heavy (non-hydrogen) atoms. The third kappa shape index (κ3) is 3.14. The fourth-order valence-electron chi connectivity index (χ4n) is 2.25. The van der Waals surface area contributed by atoms with E-state index in [0.29, 0.717) is 6.54 Å². The molecule has 0 fully saturated rings. The summed E-state index contributed by atoms with van der Waals surface area (Å²) in [7, 11) is 1.66. The zero-order valence-corrected chi connectivity index (χ0v) is 12.3. The van der Waals surface area contributed by atoms with E-state index in [-0.39, 0.29) is 0 Å². The Kier molecular flexibility index (Phi) is 4.69. The molecule has 0 unspecified atom stereocenters. The van der Waals surface area contributed by atoms with Crippen LogP contribution in [0, 0.1) is 13.8 Å². The lowest BCUT2D eigenvalue weighted by Crippen LogP contribution is -2.06. The maximum Gasteiger partial charge on any atom is 0.159 e. The Morgan fingerprint density at radius 2 is 1.65 bits per heavy atom. The van der Waals surface area contributed by atoms with E-state index in [0.717, 1.165) is 41.4 Å². The lowest BCUT2D eigenvalue weighted by atomic mass is 10.1. The van der Waals surface area contributed by atoms with Crippen LogP contribution in [-0.4, -0.2) is 23.6 Å². The summed E-state index contributed by atoms with van der Waals surface area (Å²) in [5, 5.41) is 0. The van der Waals surface area contributed by atoms with Gasteiger partial charge in [0.2, 0.25) is 0 Å². The minimum atomic E-state index is 0.694. The van der Waals surface area contributed by atoms with Crippen LogP contribution in [0.5, 0.6) is 5.75 Å². The van der Waals surface area contributed by atoms with Crippen molar-refractivity contribution >= 4 is 0 Å². The molecular weight excluding hydrogens is 250 g/mol. The zero-order valence-electron chi connectivity index (χ0n) is 12.3. The second-order valence-corrected chi connectivity index (χ2v) is 4.82. The van der Waals surface area contributed by atoms with Crippen LogP contribution < -0.4 is 10.5 Å². The normalized spacial score (nSPS) is 10.6. The number of hydrogen-bond acceptors (Lipinski definition) is 4. The molecule has 0 aliphatic rings. The summed E-state index contributed by atoms with van der Waals surface area (Å²) in [6.07, 6.45) is 1.91. The fourth-order valence-corrected chi connectivity index (χ4v) is 2.25. The first-order valence-corrected chi connectivity index (χ1v) is 6.84. The number of nitrogens with zero attached hydrogens (tertiary/aromatic N) is 2.